The number of nitrogens with one attached hydrogen (secondary N) is 1. The molecule has 2 rings (SSSR count). The van der Waals surface area contributed by atoms with Crippen LogP contribution in [0.25, 0.3) is 0 Å². The van der Waals surface area contributed by atoms with Gasteiger partial charge in [-0.3, -0.25) is 14.2 Å². The van der Waals surface area contributed by atoms with Crippen molar-refractivity contribution < 1.29 is 22.7 Å². The number of carboxylic acid groups (broad SMARTS) is 1. The molecule has 0 fully saturated rings. The van der Waals surface area contributed by atoms with Gasteiger partial charge in [-0.25, -0.2) is 12.8 Å². The lowest BCUT2D eigenvalue weighted by molar-refractivity contribution is -0.137. The molecular formula is C11H9ClFN3O4S. The number of rotatable bonds is 5. The molecular weight excluding hydrogens is 325 g/mol. The summed E-state index contributed by atoms with van der Waals surface area (Å²) in [7, 11) is -3.97. The molecule has 1 aromatic heterocycles. The Labute approximate surface area is 124 Å². The summed E-state index contributed by atoms with van der Waals surface area (Å²) >= 11 is 5.54. The number of nitrogens with zero attached hydrogens (tertiary/aromatic N) is 2. The monoisotopic (exact) mass is 333 g/mol. The van der Waals surface area contributed by atoms with Crippen LogP contribution < -0.4 is 4.72 Å². The predicted octanol–water partition coefficient (Wildman–Crippen LogP) is 1.56. The van der Waals surface area contributed by atoms with E-state index < -0.39 is 28.4 Å². The SMILES string of the molecule is O=C(O)Cn1cc(NS(=O)(=O)c2ccc(F)c(Cl)c2)cn1. The summed E-state index contributed by atoms with van der Waals surface area (Å²) in [6.45, 7) is -0.399. The molecule has 0 spiro atoms. The zero-order valence-electron chi connectivity index (χ0n) is 10.3. The zero-order chi connectivity index (χ0) is 15.6. The van der Waals surface area contributed by atoms with Gasteiger partial charge in [-0.15, -0.1) is 0 Å². The first-order valence-corrected chi connectivity index (χ1v) is 7.36. The highest BCUT2D eigenvalue weighted by atomic mass is 35.5. The lowest BCUT2D eigenvalue weighted by atomic mass is 10.3. The molecule has 0 amide bonds. The average molecular weight is 334 g/mol. The van der Waals surface area contributed by atoms with Crippen LogP contribution in [0, 0.1) is 5.82 Å². The Morgan fingerprint density at radius 3 is 2.81 bits per heavy atom. The van der Waals surface area contributed by atoms with Gasteiger partial charge in [0.05, 0.1) is 21.8 Å². The summed E-state index contributed by atoms with van der Waals surface area (Å²) in [6.07, 6.45) is 2.38. The maximum atomic E-state index is 13.0. The summed E-state index contributed by atoms with van der Waals surface area (Å²) in [4.78, 5) is 10.3. The van der Waals surface area contributed by atoms with Gasteiger partial charge in [-0.1, -0.05) is 11.6 Å². The molecule has 0 atom stereocenters. The molecule has 1 aromatic carbocycles. The Hall–Kier alpha value is -2.13. The van der Waals surface area contributed by atoms with E-state index in [2.05, 4.69) is 9.82 Å². The molecule has 0 radical (unpaired) electrons. The summed E-state index contributed by atoms with van der Waals surface area (Å²) in [6, 6.07) is 2.97. The van der Waals surface area contributed by atoms with E-state index in [1.165, 1.54) is 6.20 Å². The molecule has 0 saturated carbocycles. The molecule has 0 aliphatic carbocycles. The minimum absolute atomic E-state index is 0.0803. The van der Waals surface area contributed by atoms with Crippen molar-refractivity contribution in [3.05, 3.63) is 41.4 Å². The molecule has 0 bridgehead atoms. The third kappa shape index (κ3) is 3.70. The molecule has 0 unspecified atom stereocenters. The van der Waals surface area contributed by atoms with Gasteiger partial charge in [-0.2, -0.15) is 5.10 Å². The van der Waals surface area contributed by atoms with E-state index in [9.17, 15) is 17.6 Å². The van der Waals surface area contributed by atoms with Crippen LogP contribution in [-0.2, 0) is 21.4 Å². The van der Waals surface area contributed by atoms with E-state index in [-0.39, 0.29) is 15.6 Å². The smallest absolute Gasteiger partial charge is 0.325 e. The van der Waals surface area contributed by atoms with Crippen LogP contribution in [0.2, 0.25) is 5.02 Å². The Balaban J connectivity index is 2.22. The highest BCUT2D eigenvalue weighted by Gasteiger charge is 2.17. The largest absolute Gasteiger partial charge is 0.480 e. The van der Waals surface area contributed by atoms with Gasteiger partial charge >= 0.3 is 5.97 Å². The third-order valence-electron chi connectivity index (χ3n) is 2.38. The van der Waals surface area contributed by atoms with Crippen LogP contribution in [0.3, 0.4) is 0 Å². The van der Waals surface area contributed by atoms with Crippen LogP contribution in [0.4, 0.5) is 10.1 Å². The standard InChI is InChI=1S/C11H9ClFN3O4S/c12-9-3-8(1-2-10(9)13)21(19,20)15-7-4-14-16(5-7)6-11(17)18/h1-5,15H,6H2,(H,17,18). The van der Waals surface area contributed by atoms with Crippen LogP contribution in [0.5, 0.6) is 0 Å². The molecule has 21 heavy (non-hydrogen) atoms. The lowest BCUT2D eigenvalue weighted by Gasteiger charge is -2.06. The summed E-state index contributed by atoms with van der Waals surface area (Å²) in [5, 5.41) is 12.0. The van der Waals surface area contributed by atoms with Crippen molar-refractivity contribution >= 4 is 33.3 Å². The average Bonchev–Trinajstić information content (AvgIpc) is 2.78. The Morgan fingerprint density at radius 1 is 1.48 bits per heavy atom. The maximum absolute atomic E-state index is 13.0. The Kier molecular flexibility index (Phi) is 4.14. The van der Waals surface area contributed by atoms with E-state index in [1.54, 1.807) is 0 Å². The second kappa shape index (κ2) is 5.70. The van der Waals surface area contributed by atoms with Gasteiger partial charge < -0.3 is 5.11 Å². The van der Waals surface area contributed by atoms with Crippen molar-refractivity contribution in [2.45, 2.75) is 11.4 Å². The molecule has 2 aromatic rings. The maximum Gasteiger partial charge on any atom is 0.325 e. The second-order valence-electron chi connectivity index (χ2n) is 4.00. The molecule has 1 heterocycles. The van der Waals surface area contributed by atoms with Crippen molar-refractivity contribution in [3.63, 3.8) is 0 Å². The van der Waals surface area contributed by atoms with Crippen molar-refractivity contribution in [1.82, 2.24) is 9.78 Å². The van der Waals surface area contributed by atoms with Crippen LogP contribution in [0.1, 0.15) is 0 Å². The molecule has 10 heteroatoms. The van der Waals surface area contributed by atoms with Crippen molar-refractivity contribution in [3.8, 4) is 0 Å². The van der Waals surface area contributed by atoms with E-state index >= 15 is 0 Å². The number of halogens is 2. The van der Waals surface area contributed by atoms with Gasteiger partial charge in [0, 0.05) is 6.20 Å². The fourth-order valence-corrected chi connectivity index (χ4v) is 2.80. The number of hydrogen-bond donors (Lipinski definition) is 2. The summed E-state index contributed by atoms with van der Waals surface area (Å²) in [5.74, 6) is -1.84. The zero-order valence-corrected chi connectivity index (χ0v) is 11.9. The van der Waals surface area contributed by atoms with E-state index in [0.717, 1.165) is 29.1 Å². The summed E-state index contributed by atoms with van der Waals surface area (Å²) < 4.78 is 40.4. The number of aliphatic carboxylic acids is 1. The van der Waals surface area contributed by atoms with Gasteiger partial charge in [-0.05, 0) is 18.2 Å². The van der Waals surface area contributed by atoms with Crippen LogP contribution in [0.15, 0.2) is 35.5 Å². The fraction of sp³-hybridized carbons (Fsp3) is 0.0909. The van der Waals surface area contributed by atoms with Crippen LogP contribution >= 0.6 is 11.6 Å². The van der Waals surface area contributed by atoms with Gasteiger partial charge in [0.2, 0.25) is 0 Å². The quantitative estimate of drug-likeness (QED) is 0.864. The first-order chi connectivity index (χ1) is 9.78. The fourth-order valence-electron chi connectivity index (χ4n) is 1.50. The number of carboxylic acids is 1. The van der Waals surface area contributed by atoms with Crippen LogP contribution in [-0.4, -0.2) is 29.3 Å². The van der Waals surface area contributed by atoms with Crippen molar-refractivity contribution in [2.24, 2.45) is 0 Å². The Morgan fingerprint density at radius 2 is 2.19 bits per heavy atom. The number of carbonyl (C=O) groups is 1. The minimum atomic E-state index is -3.97. The van der Waals surface area contributed by atoms with E-state index in [0.29, 0.717) is 0 Å². The molecule has 0 saturated heterocycles. The molecule has 112 valence electrons. The van der Waals surface area contributed by atoms with E-state index in [4.69, 9.17) is 16.7 Å². The topological polar surface area (TPSA) is 101 Å². The number of benzene rings is 1. The highest BCUT2D eigenvalue weighted by molar-refractivity contribution is 7.92. The van der Waals surface area contributed by atoms with Crippen molar-refractivity contribution in [2.75, 3.05) is 4.72 Å². The Bertz CT molecular complexity index is 791. The summed E-state index contributed by atoms with van der Waals surface area (Å²) in [5.41, 5.74) is 0.0803. The number of aromatic nitrogens is 2. The first kappa shape index (κ1) is 15.3. The van der Waals surface area contributed by atoms with E-state index in [1.807, 2.05) is 0 Å². The molecule has 0 aliphatic rings. The first-order valence-electron chi connectivity index (χ1n) is 5.50. The van der Waals surface area contributed by atoms with Crippen molar-refractivity contribution in [1.29, 1.82) is 0 Å². The number of sulfonamides is 1. The van der Waals surface area contributed by atoms with Gasteiger partial charge in [0.1, 0.15) is 12.4 Å². The predicted molar refractivity (Wildman–Crippen MR) is 72.1 cm³/mol. The molecule has 0 aliphatic heterocycles. The minimum Gasteiger partial charge on any atom is -0.480 e. The number of anilines is 1. The second-order valence-corrected chi connectivity index (χ2v) is 6.09. The lowest BCUT2D eigenvalue weighted by Crippen LogP contribution is -2.13. The normalized spacial score (nSPS) is 11.3. The number of hydrogen-bond acceptors (Lipinski definition) is 4. The molecule has 7 nitrogen and oxygen atoms in total. The van der Waals surface area contributed by atoms with Gasteiger partial charge in [0.25, 0.3) is 10.0 Å². The van der Waals surface area contributed by atoms with Gasteiger partial charge in [0.15, 0.2) is 0 Å². The third-order valence-corrected chi connectivity index (χ3v) is 4.05. The highest BCUT2D eigenvalue weighted by Crippen LogP contribution is 2.21. The molecule has 2 N–H and O–H groups in total.